The van der Waals surface area contributed by atoms with Crippen LogP contribution in [0, 0.1) is 0 Å². The predicted octanol–water partition coefficient (Wildman–Crippen LogP) is 3.30. The van der Waals surface area contributed by atoms with E-state index >= 15 is 0 Å². The van der Waals surface area contributed by atoms with Crippen LogP contribution in [0.1, 0.15) is 30.4 Å². The standard InChI is InChI=1S/C23H33N5O2/c1-24-23(27(2)17-19-8-9-20(29-3)15-21(19)30-4)26-16-18-10-11-25-22(14-18)28-12-6-5-7-13-28/h8-11,14-15H,5-7,12-13,16-17H2,1-4H3,(H,24,26). The maximum atomic E-state index is 5.52. The first-order chi connectivity index (χ1) is 14.6. The molecule has 2 heterocycles. The van der Waals surface area contributed by atoms with Gasteiger partial charge in [-0.1, -0.05) is 0 Å². The molecule has 1 N–H and O–H groups in total. The Balaban J connectivity index is 1.62. The molecule has 0 saturated carbocycles. The van der Waals surface area contributed by atoms with Gasteiger partial charge in [-0.15, -0.1) is 0 Å². The molecule has 1 aromatic carbocycles. The lowest BCUT2D eigenvalue weighted by molar-refractivity contribution is 0.382. The molecule has 1 fully saturated rings. The van der Waals surface area contributed by atoms with Crippen LogP contribution < -0.4 is 19.7 Å². The van der Waals surface area contributed by atoms with E-state index in [0.717, 1.165) is 41.9 Å². The molecular weight excluding hydrogens is 378 g/mol. The molecule has 0 spiro atoms. The van der Waals surface area contributed by atoms with Gasteiger partial charge in [-0.2, -0.15) is 0 Å². The van der Waals surface area contributed by atoms with Crippen LogP contribution in [-0.4, -0.2) is 57.2 Å². The number of benzene rings is 1. The van der Waals surface area contributed by atoms with Gasteiger partial charge in [0, 0.05) is 58.1 Å². The average molecular weight is 412 g/mol. The van der Waals surface area contributed by atoms with E-state index < -0.39 is 0 Å². The van der Waals surface area contributed by atoms with Gasteiger partial charge in [-0.05, 0) is 49.1 Å². The number of piperidine rings is 1. The van der Waals surface area contributed by atoms with Gasteiger partial charge in [0.2, 0.25) is 0 Å². The highest BCUT2D eigenvalue weighted by Gasteiger charge is 2.14. The highest BCUT2D eigenvalue weighted by atomic mass is 16.5. The summed E-state index contributed by atoms with van der Waals surface area (Å²) in [5.41, 5.74) is 2.27. The predicted molar refractivity (Wildman–Crippen MR) is 122 cm³/mol. The van der Waals surface area contributed by atoms with Crippen molar-refractivity contribution in [3.63, 3.8) is 0 Å². The number of guanidine groups is 1. The Labute approximate surface area is 179 Å². The first kappa shape index (κ1) is 21.7. The molecular formula is C23H33N5O2. The van der Waals surface area contributed by atoms with Gasteiger partial charge in [0.1, 0.15) is 17.3 Å². The lowest BCUT2D eigenvalue weighted by atomic mass is 10.1. The third-order valence-corrected chi connectivity index (χ3v) is 5.42. The molecule has 0 atom stereocenters. The van der Waals surface area contributed by atoms with Crippen molar-refractivity contribution in [3.8, 4) is 11.5 Å². The van der Waals surface area contributed by atoms with Crippen LogP contribution in [0.3, 0.4) is 0 Å². The first-order valence-electron chi connectivity index (χ1n) is 10.5. The second kappa shape index (κ2) is 10.7. The van der Waals surface area contributed by atoms with Crippen molar-refractivity contribution >= 4 is 11.8 Å². The van der Waals surface area contributed by atoms with Crippen molar-refractivity contribution in [1.82, 2.24) is 15.2 Å². The number of anilines is 1. The van der Waals surface area contributed by atoms with E-state index in [4.69, 9.17) is 9.47 Å². The highest BCUT2D eigenvalue weighted by molar-refractivity contribution is 5.79. The molecule has 30 heavy (non-hydrogen) atoms. The molecule has 1 saturated heterocycles. The molecule has 7 nitrogen and oxygen atoms in total. The molecule has 162 valence electrons. The molecule has 1 aliphatic heterocycles. The highest BCUT2D eigenvalue weighted by Crippen LogP contribution is 2.25. The summed E-state index contributed by atoms with van der Waals surface area (Å²) >= 11 is 0. The lowest BCUT2D eigenvalue weighted by Gasteiger charge is -2.28. The van der Waals surface area contributed by atoms with Crippen molar-refractivity contribution in [2.45, 2.75) is 32.4 Å². The fourth-order valence-electron chi connectivity index (χ4n) is 3.75. The van der Waals surface area contributed by atoms with Crippen molar-refractivity contribution in [3.05, 3.63) is 47.7 Å². The number of aliphatic imine (C=N–C) groups is 1. The molecule has 1 aromatic heterocycles. The van der Waals surface area contributed by atoms with Crippen LogP contribution in [0.5, 0.6) is 11.5 Å². The molecule has 7 heteroatoms. The Kier molecular flexibility index (Phi) is 7.76. The maximum absolute atomic E-state index is 5.52. The summed E-state index contributed by atoms with van der Waals surface area (Å²) in [5.74, 6) is 3.48. The fourth-order valence-corrected chi connectivity index (χ4v) is 3.75. The maximum Gasteiger partial charge on any atom is 0.193 e. The van der Waals surface area contributed by atoms with Crippen molar-refractivity contribution in [2.24, 2.45) is 4.99 Å². The molecule has 1 aliphatic rings. The Hall–Kier alpha value is -2.96. The van der Waals surface area contributed by atoms with Crippen LogP contribution in [0.4, 0.5) is 5.82 Å². The largest absolute Gasteiger partial charge is 0.497 e. The molecule has 0 radical (unpaired) electrons. The third-order valence-electron chi connectivity index (χ3n) is 5.42. The number of hydrogen-bond acceptors (Lipinski definition) is 5. The monoisotopic (exact) mass is 411 g/mol. The van der Waals surface area contributed by atoms with Gasteiger partial charge in [0.15, 0.2) is 5.96 Å². The number of nitrogens with zero attached hydrogens (tertiary/aromatic N) is 4. The van der Waals surface area contributed by atoms with Gasteiger partial charge in [0.25, 0.3) is 0 Å². The first-order valence-corrected chi connectivity index (χ1v) is 10.5. The summed E-state index contributed by atoms with van der Waals surface area (Å²) < 4.78 is 10.8. The molecule has 3 rings (SSSR count). The topological polar surface area (TPSA) is 62.2 Å². The number of aromatic nitrogens is 1. The number of pyridine rings is 1. The normalized spacial score (nSPS) is 14.4. The van der Waals surface area contributed by atoms with Crippen LogP contribution in [0.15, 0.2) is 41.5 Å². The zero-order chi connectivity index (χ0) is 21.3. The average Bonchev–Trinajstić information content (AvgIpc) is 2.80. The number of rotatable bonds is 7. The van der Waals surface area contributed by atoms with Crippen LogP contribution in [0.2, 0.25) is 0 Å². The van der Waals surface area contributed by atoms with E-state index in [1.54, 1.807) is 21.3 Å². The zero-order valence-electron chi connectivity index (χ0n) is 18.5. The number of nitrogens with one attached hydrogen (secondary N) is 1. The zero-order valence-corrected chi connectivity index (χ0v) is 18.5. The van der Waals surface area contributed by atoms with E-state index in [0.29, 0.717) is 13.1 Å². The van der Waals surface area contributed by atoms with E-state index in [2.05, 4.69) is 37.2 Å². The fraction of sp³-hybridized carbons (Fsp3) is 0.478. The van der Waals surface area contributed by atoms with Gasteiger partial charge in [-0.3, -0.25) is 4.99 Å². The minimum absolute atomic E-state index is 0.669. The van der Waals surface area contributed by atoms with Crippen molar-refractivity contribution in [2.75, 3.05) is 46.3 Å². The summed E-state index contributed by atoms with van der Waals surface area (Å²) in [6.07, 6.45) is 5.71. The van der Waals surface area contributed by atoms with E-state index in [1.165, 1.54) is 24.8 Å². The second-order valence-corrected chi connectivity index (χ2v) is 7.50. The summed E-state index contributed by atoms with van der Waals surface area (Å²) in [4.78, 5) is 13.5. The minimum atomic E-state index is 0.669. The van der Waals surface area contributed by atoms with Crippen molar-refractivity contribution < 1.29 is 9.47 Å². The molecule has 0 aliphatic carbocycles. The smallest absolute Gasteiger partial charge is 0.193 e. The van der Waals surface area contributed by atoms with Gasteiger partial charge in [0.05, 0.1) is 14.2 Å². The summed E-state index contributed by atoms with van der Waals surface area (Å²) in [7, 11) is 7.15. The van der Waals surface area contributed by atoms with Gasteiger partial charge in [-0.25, -0.2) is 4.98 Å². The SMILES string of the molecule is CN=C(NCc1ccnc(N2CCCCC2)c1)N(C)Cc1ccc(OC)cc1OC. The Morgan fingerprint density at radius 1 is 1.13 bits per heavy atom. The van der Waals surface area contributed by atoms with Gasteiger partial charge < -0.3 is 24.6 Å². The number of methoxy groups -OCH3 is 2. The lowest BCUT2D eigenvalue weighted by Crippen LogP contribution is -2.38. The summed E-state index contributed by atoms with van der Waals surface area (Å²) in [5, 5.41) is 3.46. The van der Waals surface area contributed by atoms with Crippen molar-refractivity contribution in [1.29, 1.82) is 0 Å². The Morgan fingerprint density at radius 3 is 2.63 bits per heavy atom. The Bertz CT molecular complexity index is 849. The Morgan fingerprint density at radius 2 is 1.93 bits per heavy atom. The number of hydrogen-bond donors (Lipinski definition) is 1. The van der Waals surface area contributed by atoms with E-state index in [9.17, 15) is 0 Å². The van der Waals surface area contributed by atoms with Crippen LogP contribution in [-0.2, 0) is 13.1 Å². The quantitative estimate of drug-likeness (QED) is 0.557. The van der Waals surface area contributed by atoms with Crippen LogP contribution >= 0.6 is 0 Å². The molecule has 2 aromatic rings. The minimum Gasteiger partial charge on any atom is -0.497 e. The van der Waals surface area contributed by atoms with Crippen LogP contribution in [0.25, 0.3) is 0 Å². The summed E-state index contributed by atoms with van der Waals surface area (Å²) in [6, 6.07) is 10.1. The summed E-state index contributed by atoms with van der Waals surface area (Å²) in [6.45, 7) is 3.55. The molecule has 0 bridgehead atoms. The third kappa shape index (κ3) is 5.55. The molecule has 0 unspecified atom stereocenters. The number of ether oxygens (including phenoxy) is 2. The van der Waals surface area contributed by atoms with Gasteiger partial charge >= 0.3 is 0 Å². The molecule has 0 amide bonds. The van der Waals surface area contributed by atoms with E-state index in [1.807, 2.05) is 31.4 Å². The van der Waals surface area contributed by atoms with E-state index in [-0.39, 0.29) is 0 Å². The second-order valence-electron chi connectivity index (χ2n) is 7.50.